The molecule has 0 unspecified atom stereocenters. The van der Waals surface area contributed by atoms with Crippen molar-refractivity contribution >= 4 is 33.4 Å². The number of pyridine rings is 1. The lowest BCUT2D eigenvalue weighted by Gasteiger charge is -2.07. The third-order valence-corrected chi connectivity index (χ3v) is 2.92. The highest BCUT2D eigenvalue weighted by Crippen LogP contribution is 2.31. The molecule has 0 aliphatic carbocycles. The van der Waals surface area contributed by atoms with Crippen LogP contribution < -0.4 is 10.5 Å². The van der Waals surface area contributed by atoms with E-state index in [2.05, 4.69) is 20.9 Å². The van der Waals surface area contributed by atoms with Crippen molar-refractivity contribution in [2.45, 2.75) is 0 Å². The monoisotopic (exact) mass is 325 g/mol. The minimum Gasteiger partial charge on any atom is -0.454 e. The van der Waals surface area contributed by atoms with Crippen molar-refractivity contribution in [1.29, 1.82) is 5.41 Å². The zero-order chi connectivity index (χ0) is 13.1. The summed E-state index contributed by atoms with van der Waals surface area (Å²) in [6, 6.07) is 8.63. The summed E-state index contributed by atoms with van der Waals surface area (Å²) >= 11 is 9.35. The molecule has 18 heavy (non-hydrogen) atoms. The quantitative estimate of drug-likeness (QED) is 0.669. The van der Waals surface area contributed by atoms with E-state index in [4.69, 9.17) is 27.5 Å². The number of nitrogen functional groups attached to an aromatic ring is 1. The Balaban J connectivity index is 2.21. The molecular formula is C12H9BrClN3O. The molecule has 92 valence electrons. The standard InChI is InChI=1S/C12H9BrClN3O/c13-7-1-4-11(9(14)5-7)18-8-2-3-10(12(15)16)17-6-8/h1-6H,(H3,15,16). The van der Waals surface area contributed by atoms with Crippen molar-refractivity contribution in [3.05, 3.63) is 51.7 Å². The van der Waals surface area contributed by atoms with Crippen LogP contribution in [0.15, 0.2) is 41.0 Å². The van der Waals surface area contributed by atoms with Crippen molar-refractivity contribution < 1.29 is 4.74 Å². The fourth-order valence-corrected chi connectivity index (χ4v) is 2.00. The molecule has 2 rings (SSSR count). The number of nitrogens with zero attached hydrogens (tertiary/aromatic N) is 1. The number of rotatable bonds is 3. The Morgan fingerprint density at radius 3 is 2.67 bits per heavy atom. The summed E-state index contributed by atoms with van der Waals surface area (Å²) in [6.45, 7) is 0. The highest BCUT2D eigenvalue weighted by atomic mass is 79.9. The first-order valence-electron chi connectivity index (χ1n) is 4.99. The average molecular weight is 327 g/mol. The SMILES string of the molecule is N=C(N)c1ccc(Oc2ccc(Br)cc2Cl)cn1. The lowest BCUT2D eigenvalue weighted by atomic mass is 10.3. The van der Waals surface area contributed by atoms with Crippen LogP contribution in [0.4, 0.5) is 0 Å². The molecule has 0 saturated heterocycles. The van der Waals surface area contributed by atoms with Gasteiger partial charge in [-0.1, -0.05) is 27.5 Å². The summed E-state index contributed by atoms with van der Waals surface area (Å²) in [4.78, 5) is 3.99. The minimum atomic E-state index is -0.0803. The highest BCUT2D eigenvalue weighted by Gasteiger charge is 2.05. The van der Waals surface area contributed by atoms with Gasteiger partial charge >= 0.3 is 0 Å². The maximum Gasteiger partial charge on any atom is 0.146 e. The molecule has 1 heterocycles. The molecule has 0 spiro atoms. The average Bonchev–Trinajstić information content (AvgIpc) is 2.33. The van der Waals surface area contributed by atoms with Crippen molar-refractivity contribution in [2.24, 2.45) is 5.73 Å². The predicted octanol–water partition coefficient (Wildman–Crippen LogP) is 3.57. The summed E-state index contributed by atoms with van der Waals surface area (Å²) in [5.41, 5.74) is 5.72. The first kappa shape index (κ1) is 12.9. The second-order valence-corrected chi connectivity index (χ2v) is 4.79. The van der Waals surface area contributed by atoms with E-state index in [9.17, 15) is 0 Å². The molecule has 0 bridgehead atoms. The number of aromatic nitrogens is 1. The third-order valence-electron chi connectivity index (χ3n) is 2.13. The molecule has 1 aromatic carbocycles. The number of amidine groups is 1. The van der Waals surface area contributed by atoms with Crippen molar-refractivity contribution in [3.8, 4) is 11.5 Å². The normalized spacial score (nSPS) is 10.1. The Morgan fingerprint density at radius 1 is 1.33 bits per heavy atom. The van der Waals surface area contributed by atoms with Crippen LogP contribution in [-0.4, -0.2) is 10.8 Å². The topological polar surface area (TPSA) is 72.0 Å². The van der Waals surface area contributed by atoms with Crippen LogP contribution in [0.2, 0.25) is 5.02 Å². The molecule has 6 heteroatoms. The summed E-state index contributed by atoms with van der Waals surface area (Å²) in [5, 5.41) is 7.73. The number of nitrogens with one attached hydrogen (secondary N) is 1. The Labute approximate surface area is 117 Å². The molecule has 1 aromatic heterocycles. The number of hydrogen-bond acceptors (Lipinski definition) is 3. The maximum absolute atomic E-state index is 7.23. The van der Waals surface area contributed by atoms with Gasteiger partial charge in [-0.2, -0.15) is 0 Å². The molecule has 0 aliphatic rings. The molecule has 0 fully saturated rings. The minimum absolute atomic E-state index is 0.0803. The molecule has 0 atom stereocenters. The van der Waals surface area contributed by atoms with Gasteiger partial charge in [0.05, 0.1) is 11.2 Å². The van der Waals surface area contributed by atoms with Gasteiger partial charge < -0.3 is 10.5 Å². The van der Waals surface area contributed by atoms with E-state index in [0.29, 0.717) is 22.2 Å². The Kier molecular flexibility index (Phi) is 3.84. The zero-order valence-corrected chi connectivity index (χ0v) is 11.5. The molecular weight excluding hydrogens is 318 g/mol. The maximum atomic E-state index is 7.23. The van der Waals surface area contributed by atoms with E-state index in [0.717, 1.165) is 4.47 Å². The summed E-state index contributed by atoms with van der Waals surface area (Å²) in [6.07, 6.45) is 1.50. The number of halogens is 2. The second-order valence-electron chi connectivity index (χ2n) is 3.47. The van der Waals surface area contributed by atoms with Crippen molar-refractivity contribution in [3.63, 3.8) is 0 Å². The van der Waals surface area contributed by atoms with E-state index >= 15 is 0 Å². The smallest absolute Gasteiger partial charge is 0.146 e. The Bertz CT molecular complexity index is 586. The van der Waals surface area contributed by atoms with Crippen molar-refractivity contribution in [2.75, 3.05) is 0 Å². The zero-order valence-electron chi connectivity index (χ0n) is 9.15. The molecule has 3 N–H and O–H groups in total. The van der Waals surface area contributed by atoms with E-state index in [-0.39, 0.29) is 5.84 Å². The van der Waals surface area contributed by atoms with Gasteiger partial charge in [0.15, 0.2) is 0 Å². The number of nitrogens with two attached hydrogens (primary N) is 1. The van der Waals surface area contributed by atoms with E-state index in [1.165, 1.54) is 6.20 Å². The van der Waals surface area contributed by atoms with Gasteiger partial charge in [0.25, 0.3) is 0 Å². The second kappa shape index (κ2) is 5.37. The summed E-state index contributed by atoms with van der Waals surface area (Å²) in [7, 11) is 0. The van der Waals surface area contributed by atoms with E-state index in [1.807, 2.05) is 6.07 Å². The Hall–Kier alpha value is -1.59. The van der Waals surface area contributed by atoms with Crippen LogP contribution in [0.5, 0.6) is 11.5 Å². The predicted molar refractivity (Wildman–Crippen MR) is 74.5 cm³/mol. The molecule has 0 saturated carbocycles. The summed E-state index contributed by atoms with van der Waals surface area (Å²) < 4.78 is 6.45. The molecule has 0 radical (unpaired) electrons. The van der Waals surface area contributed by atoms with Crippen LogP contribution in [0.1, 0.15) is 5.69 Å². The highest BCUT2D eigenvalue weighted by molar-refractivity contribution is 9.10. The van der Waals surface area contributed by atoms with Crippen molar-refractivity contribution in [1.82, 2.24) is 4.98 Å². The van der Waals surface area contributed by atoms with Gasteiger partial charge in [-0.25, -0.2) is 4.98 Å². The number of hydrogen-bond donors (Lipinski definition) is 2. The van der Waals surface area contributed by atoms with Gasteiger partial charge in [-0.05, 0) is 30.3 Å². The molecule has 2 aromatic rings. The van der Waals surface area contributed by atoms with Crippen LogP contribution in [0.3, 0.4) is 0 Å². The first-order valence-corrected chi connectivity index (χ1v) is 6.17. The fraction of sp³-hybridized carbons (Fsp3) is 0. The molecule has 4 nitrogen and oxygen atoms in total. The van der Waals surface area contributed by atoms with Gasteiger partial charge in [-0.3, -0.25) is 5.41 Å². The Morgan fingerprint density at radius 2 is 2.11 bits per heavy atom. The van der Waals surface area contributed by atoms with Gasteiger partial charge in [-0.15, -0.1) is 0 Å². The lowest BCUT2D eigenvalue weighted by Crippen LogP contribution is -2.12. The number of benzene rings is 1. The fourth-order valence-electron chi connectivity index (χ4n) is 1.28. The van der Waals surface area contributed by atoms with Crippen LogP contribution in [0.25, 0.3) is 0 Å². The van der Waals surface area contributed by atoms with Gasteiger partial charge in [0, 0.05) is 4.47 Å². The largest absolute Gasteiger partial charge is 0.454 e. The van der Waals surface area contributed by atoms with Crippen LogP contribution in [0, 0.1) is 5.41 Å². The van der Waals surface area contributed by atoms with E-state index in [1.54, 1.807) is 24.3 Å². The van der Waals surface area contributed by atoms with Crippen LogP contribution in [-0.2, 0) is 0 Å². The van der Waals surface area contributed by atoms with E-state index < -0.39 is 0 Å². The number of ether oxygens (including phenoxy) is 1. The molecule has 0 aliphatic heterocycles. The van der Waals surface area contributed by atoms with Gasteiger partial charge in [0.2, 0.25) is 0 Å². The lowest BCUT2D eigenvalue weighted by molar-refractivity contribution is 0.480. The van der Waals surface area contributed by atoms with Gasteiger partial charge in [0.1, 0.15) is 23.0 Å². The van der Waals surface area contributed by atoms with Crippen LogP contribution >= 0.6 is 27.5 Å². The molecule has 0 amide bonds. The first-order chi connectivity index (χ1) is 8.56. The summed E-state index contributed by atoms with van der Waals surface area (Å²) in [5.74, 6) is 0.990. The third kappa shape index (κ3) is 3.00.